The van der Waals surface area contributed by atoms with E-state index in [2.05, 4.69) is 0 Å². The average molecular weight is 238 g/mol. The summed E-state index contributed by atoms with van der Waals surface area (Å²) in [6.45, 7) is 0. The summed E-state index contributed by atoms with van der Waals surface area (Å²) in [6.07, 6.45) is 1.86. The van der Waals surface area contributed by atoms with Crippen molar-refractivity contribution in [3.05, 3.63) is 23.2 Å². The normalized spacial score (nSPS) is 11.6. The van der Waals surface area contributed by atoms with Gasteiger partial charge in [0.05, 0.1) is 9.92 Å². The minimum Gasteiger partial charge on any atom is -0.225 e. The molecule has 0 spiro atoms. The number of primary sulfonamides is 1. The molecule has 1 aromatic rings. The summed E-state index contributed by atoms with van der Waals surface area (Å²) < 4.78 is 21.8. The second kappa shape index (κ2) is 3.88. The highest BCUT2D eigenvalue weighted by atomic mass is 35.5. The van der Waals surface area contributed by atoms with Crippen LogP contribution in [0.1, 0.15) is 0 Å². The Morgan fingerprint density at radius 3 is 2.46 bits per heavy atom. The summed E-state index contributed by atoms with van der Waals surface area (Å²) in [5.74, 6) is 0. The maximum atomic E-state index is 10.9. The lowest BCUT2D eigenvalue weighted by atomic mass is 10.4. The highest BCUT2D eigenvalue weighted by Gasteiger charge is 2.09. The first-order chi connectivity index (χ1) is 5.95. The van der Waals surface area contributed by atoms with Gasteiger partial charge in [0.2, 0.25) is 10.0 Å². The number of thioether (sulfide) groups is 1. The highest BCUT2D eigenvalue weighted by Crippen LogP contribution is 2.27. The second-order valence-corrected chi connectivity index (χ2v) is 5.16. The first kappa shape index (κ1) is 10.8. The molecular formula is C7H8ClNO2S2. The van der Waals surface area contributed by atoms with Gasteiger partial charge >= 0.3 is 0 Å². The number of halogens is 1. The van der Waals surface area contributed by atoms with Crippen molar-refractivity contribution >= 4 is 33.4 Å². The topological polar surface area (TPSA) is 60.2 Å². The molecule has 0 aliphatic rings. The predicted molar refractivity (Wildman–Crippen MR) is 54.6 cm³/mol. The largest absolute Gasteiger partial charge is 0.238 e. The minimum absolute atomic E-state index is 0.0373. The second-order valence-electron chi connectivity index (χ2n) is 2.34. The van der Waals surface area contributed by atoms with E-state index < -0.39 is 10.0 Å². The lowest BCUT2D eigenvalue weighted by molar-refractivity contribution is 0.597. The van der Waals surface area contributed by atoms with Crippen molar-refractivity contribution < 1.29 is 8.42 Å². The van der Waals surface area contributed by atoms with Gasteiger partial charge in [-0.25, -0.2) is 13.6 Å². The molecule has 0 heterocycles. The Morgan fingerprint density at radius 1 is 1.46 bits per heavy atom. The maximum absolute atomic E-state index is 10.9. The molecule has 0 fully saturated rings. The van der Waals surface area contributed by atoms with Crippen LogP contribution in [0.15, 0.2) is 28.0 Å². The van der Waals surface area contributed by atoms with Gasteiger partial charge in [-0.2, -0.15) is 0 Å². The third-order valence-corrected chi connectivity index (χ3v) is 3.58. The van der Waals surface area contributed by atoms with Crippen LogP contribution in [0.25, 0.3) is 0 Å². The summed E-state index contributed by atoms with van der Waals surface area (Å²) in [6, 6.07) is 4.42. The van der Waals surface area contributed by atoms with Gasteiger partial charge in [0.25, 0.3) is 0 Å². The lowest BCUT2D eigenvalue weighted by Gasteiger charge is -2.02. The van der Waals surface area contributed by atoms with E-state index in [1.54, 1.807) is 6.07 Å². The Morgan fingerprint density at radius 2 is 2.08 bits per heavy atom. The van der Waals surface area contributed by atoms with Crippen LogP contribution in [0.4, 0.5) is 0 Å². The quantitative estimate of drug-likeness (QED) is 0.797. The molecule has 1 rings (SSSR count). The summed E-state index contributed by atoms with van der Waals surface area (Å²) in [5.41, 5.74) is 0. The SMILES string of the molecule is CSc1ccc(S(N)(=O)=O)cc1Cl. The monoisotopic (exact) mass is 237 g/mol. The van der Waals surface area contributed by atoms with Crippen molar-refractivity contribution in [1.29, 1.82) is 0 Å². The van der Waals surface area contributed by atoms with Gasteiger partial charge in [0.15, 0.2) is 0 Å². The van der Waals surface area contributed by atoms with E-state index in [9.17, 15) is 8.42 Å². The van der Waals surface area contributed by atoms with Crippen LogP contribution in [-0.2, 0) is 10.0 Å². The Hall–Kier alpha value is -0.230. The van der Waals surface area contributed by atoms with Gasteiger partial charge in [-0.1, -0.05) is 11.6 Å². The van der Waals surface area contributed by atoms with Crippen LogP contribution < -0.4 is 5.14 Å². The molecule has 0 aliphatic carbocycles. The molecule has 0 amide bonds. The predicted octanol–water partition coefficient (Wildman–Crippen LogP) is 1.71. The third-order valence-electron chi connectivity index (χ3n) is 1.45. The van der Waals surface area contributed by atoms with Gasteiger partial charge in [-0.3, -0.25) is 0 Å². The molecule has 0 saturated carbocycles. The van der Waals surface area contributed by atoms with Gasteiger partial charge in [-0.15, -0.1) is 11.8 Å². The van der Waals surface area contributed by atoms with Gasteiger partial charge in [0, 0.05) is 4.90 Å². The van der Waals surface area contributed by atoms with Crippen LogP contribution >= 0.6 is 23.4 Å². The molecule has 13 heavy (non-hydrogen) atoms. The molecule has 2 N–H and O–H groups in total. The van der Waals surface area contributed by atoms with Crippen LogP contribution in [-0.4, -0.2) is 14.7 Å². The van der Waals surface area contributed by atoms with Crippen LogP contribution in [0.3, 0.4) is 0 Å². The zero-order valence-corrected chi connectivity index (χ0v) is 9.21. The van der Waals surface area contributed by atoms with Crippen molar-refractivity contribution in [1.82, 2.24) is 0 Å². The van der Waals surface area contributed by atoms with Crippen molar-refractivity contribution in [3.8, 4) is 0 Å². The fourth-order valence-corrected chi connectivity index (χ4v) is 2.30. The van der Waals surface area contributed by atoms with Crippen molar-refractivity contribution in [2.45, 2.75) is 9.79 Å². The summed E-state index contributed by atoms with van der Waals surface area (Å²) in [5, 5.41) is 5.33. The van der Waals surface area contributed by atoms with E-state index in [-0.39, 0.29) is 4.90 Å². The summed E-state index contributed by atoms with van der Waals surface area (Å²) >= 11 is 7.24. The van der Waals surface area contributed by atoms with Gasteiger partial charge < -0.3 is 0 Å². The maximum Gasteiger partial charge on any atom is 0.238 e. The Balaban J connectivity index is 3.26. The van der Waals surface area contributed by atoms with E-state index >= 15 is 0 Å². The molecule has 0 radical (unpaired) electrons. The molecule has 0 aromatic heterocycles. The van der Waals surface area contributed by atoms with E-state index in [0.717, 1.165) is 4.90 Å². The van der Waals surface area contributed by atoms with Crippen molar-refractivity contribution in [2.24, 2.45) is 5.14 Å². The smallest absolute Gasteiger partial charge is 0.225 e. The summed E-state index contributed by atoms with van der Waals surface area (Å²) in [4.78, 5) is 0.865. The van der Waals surface area contributed by atoms with Crippen LogP contribution in [0.5, 0.6) is 0 Å². The van der Waals surface area contributed by atoms with E-state index in [4.69, 9.17) is 16.7 Å². The first-order valence-corrected chi connectivity index (χ1v) is 6.46. The van der Waals surface area contributed by atoms with Crippen LogP contribution in [0, 0.1) is 0 Å². The number of hydrogen-bond acceptors (Lipinski definition) is 3. The third kappa shape index (κ3) is 2.60. The number of sulfonamides is 1. The molecule has 0 saturated heterocycles. The molecule has 72 valence electrons. The fraction of sp³-hybridized carbons (Fsp3) is 0.143. The lowest BCUT2D eigenvalue weighted by Crippen LogP contribution is -2.11. The minimum atomic E-state index is -3.64. The zero-order valence-electron chi connectivity index (χ0n) is 6.82. The number of rotatable bonds is 2. The molecule has 3 nitrogen and oxygen atoms in total. The first-order valence-electron chi connectivity index (χ1n) is 3.31. The van der Waals surface area contributed by atoms with E-state index in [1.807, 2.05) is 6.26 Å². The molecule has 0 unspecified atom stereocenters. The molecular weight excluding hydrogens is 230 g/mol. The molecule has 6 heteroatoms. The molecule has 0 bridgehead atoms. The van der Waals surface area contributed by atoms with Crippen molar-refractivity contribution in [2.75, 3.05) is 6.26 Å². The van der Waals surface area contributed by atoms with Gasteiger partial charge in [0.1, 0.15) is 0 Å². The van der Waals surface area contributed by atoms with Crippen molar-refractivity contribution in [3.63, 3.8) is 0 Å². The number of nitrogens with two attached hydrogens (primary N) is 1. The average Bonchev–Trinajstić information content (AvgIpc) is 2.02. The van der Waals surface area contributed by atoms with Crippen LogP contribution in [0.2, 0.25) is 5.02 Å². The Kier molecular flexibility index (Phi) is 3.23. The Labute approximate surface area is 86.3 Å². The number of benzene rings is 1. The zero-order chi connectivity index (χ0) is 10.1. The molecule has 0 aliphatic heterocycles. The fourth-order valence-electron chi connectivity index (χ4n) is 0.824. The standard InChI is InChI=1S/C7H8ClNO2S2/c1-12-7-3-2-5(4-6(7)8)13(9,10)11/h2-4H,1H3,(H2,9,10,11). The van der Waals surface area contributed by atoms with Gasteiger partial charge in [-0.05, 0) is 24.5 Å². The Bertz CT molecular complexity index is 417. The summed E-state index contributed by atoms with van der Waals surface area (Å²) in [7, 11) is -3.64. The molecule has 0 atom stereocenters. The van der Waals surface area contributed by atoms with E-state index in [1.165, 1.54) is 23.9 Å². The number of hydrogen-bond donors (Lipinski definition) is 1. The molecule has 1 aromatic carbocycles. The van der Waals surface area contributed by atoms with E-state index in [0.29, 0.717) is 5.02 Å². The highest BCUT2D eigenvalue weighted by molar-refractivity contribution is 7.98.